The second-order valence-corrected chi connectivity index (χ2v) is 10.3. The van der Waals surface area contributed by atoms with Crippen molar-refractivity contribution >= 4 is 29.3 Å². The number of anilines is 2. The van der Waals surface area contributed by atoms with Gasteiger partial charge in [-0.15, -0.1) is 0 Å². The highest BCUT2D eigenvalue weighted by Crippen LogP contribution is 2.40. The van der Waals surface area contributed by atoms with Crippen molar-refractivity contribution < 1.29 is 32.7 Å². The number of benzene rings is 2. The molecule has 1 aliphatic heterocycles. The molecule has 2 aromatic carbocycles. The van der Waals surface area contributed by atoms with Gasteiger partial charge in [0.15, 0.2) is 0 Å². The summed E-state index contributed by atoms with van der Waals surface area (Å²) in [7, 11) is 1.55. The van der Waals surface area contributed by atoms with Crippen LogP contribution in [-0.4, -0.2) is 60.0 Å². The lowest BCUT2D eigenvalue weighted by Crippen LogP contribution is -2.53. The Labute approximate surface area is 219 Å². The smallest absolute Gasteiger partial charge is 0.324 e. The Balaban J connectivity index is 1.49. The Bertz CT molecular complexity index is 1150. The van der Waals surface area contributed by atoms with Crippen LogP contribution in [0.1, 0.15) is 44.9 Å². The molecular weight excluding hydrogens is 499 g/mol. The predicted molar refractivity (Wildman–Crippen MR) is 137 cm³/mol. The summed E-state index contributed by atoms with van der Waals surface area (Å²) in [6.45, 7) is 0.216. The van der Waals surface area contributed by atoms with Gasteiger partial charge in [0.25, 0.3) is 0 Å². The Kier molecular flexibility index (Phi) is 7.99. The van der Waals surface area contributed by atoms with Crippen molar-refractivity contribution in [1.29, 1.82) is 0 Å². The molecule has 10 heteroatoms. The minimum absolute atomic E-state index is 0.0422. The zero-order valence-corrected chi connectivity index (χ0v) is 21.3. The molecule has 4 rings (SSSR count). The molecule has 0 unspecified atom stereocenters. The van der Waals surface area contributed by atoms with Crippen LogP contribution in [-0.2, 0) is 9.59 Å². The van der Waals surface area contributed by atoms with E-state index in [9.17, 15) is 32.7 Å². The number of nitrogens with zero attached hydrogens (tertiary/aromatic N) is 3. The quantitative estimate of drug-likeness (QED) is 0.530. The van der Waals surface area contributed by atoms with Gasteiger partial charge in [0.05, 0.1) is 5.41 Å². The summed E-state index contributed by atoms with van der Waals surface area (Å²) in [6.07, 6.45) is -0.275. The number of para-hydroxylation sites is 1. The summed E-state index contributed by atoms with van der Waals surface area (Å²) >= 11 is 0. The van der Waals surface area contributed by atoms with E-state index in [2.05, 4.69) is 0 Å². The Hall–Kier alpha value is -3.56. The van der Waals surface area contributed by atoms with E-state index in [1.54, 1.807) is 37.4 Å². The Morgan fingerprint density at radius 1 is 0.974 bits per heavy atom. The van der Waals surface area contributed by atoms with Crippen molar-refractivity contribution in [2.24, 2.45) is 5.41 Å². The molecule has 7 nitrogen and oxygen atoms in total. The summed E-state index contributed by atoms with van der Waals surface area (Å²) in [6, 6.07) is 12.9. The monoisotopic (exact) mass is 531 g/mol. The topological polar surface area (TPSA) is 81.2 Å². The fraction of sp³-hybridized carbons (Fsp3) is 0.464. The molecule has 0 radical (unpaired) electrons. The van der Waals surface area contributed by atoms with Crippen LogP contribution >= 0.6 is 0 Å². The van der Waals surface area contributed by atoms with Crippen LogP contribution in [0.2, 0.25) is 0 Å². The van der Waals surface area contributed by atoms with Crippen LogP contribution in [0.3, 0.4) is 0 Å². The van der Waals surface area contributed by atoms with Crippen molar-refractivity contribution in [3.8, 4) is 0 Å². The molecule has 0 spiro atoms. The number of likely N-dealkylation sites (tertiary alicyclic amines) is 1. The SMILES string of the molecule is CN(C(=O)N1CCC(CC(=O)N(c2ccccc2)[C@H]2CCCC(F)(F)C2)(C(=O)O)CC1)c1ccc(F)cc1. The molecule has 1 saturated heterocycles. The molecule has 1 saturated carbocycles. The largest absolute Gasteiger partial charge is 0.481 e. The minimum Gasteiger partial charge on any atom is -0.481 e. The summed E-state index contributed by atoms with van der Waals surface area (Å²) in [4.78, 5) is 43.4. The molecule has 38 heavy (non-hydrogen) atoms. The van der Waals surface area contributed by atoms with E-state index in [1.807, 2.05) is 0 Å². The van der Waals surface area contributed by atoms with Gasteiger partial charge in [-0.1, -0.05) is 18.2 Å². The van der Waals surface area contributed by atoms with Crippen LogP contribution in [0.15, 0.2) is 54.6 Å². The highest BCUT2D eigenvalue weighted by Gasteiger charge is 2.47. The number of urea groups is 1. The van der Waals surface area contributed by atoms with Crippen molar-refractivity contribution in [3.05, 3.63) is 60.4 Å². The van der Waals surface area contributed by atoms with Gasteiger partial charge < -0.3 is 14.9 Å². The number of hydrogen-bond donors (Lipinski definition) is 1. The second-order valence-electron chi connectivity index (χ2n) is 10.3. The zero-order chi connectivity index (χ0) is 27.5. The number of carboxylic acids is 1. The third-order valence-electron chi connectivity index (χ3n) is 7.72. The number of carbonyl (C=O) groups excluding carboxylic acids is 2. The second kappa shape index (κ2) is 11.0. The highest BCUT2D eigenvalue weighted by molar-refractivity contribution is 5.97. The van der Waals surface area contributed by atoms with Gasteiger partial charge in [0, 0.05) is 56.8 Å². The van der Waals surface area contributed by atoms with Crippen LogP contribution in [0.25, 0.3) is 0 Å². The minimum atomic E-state index is -2.89. The van der Waals surface area contributed by atoms with Crippen molar-refractivity contribution in [3.63, 3.8) is 0 Å². The maximum Gasteiger partial charge on any atom is 0.324 e. The first-order valence-electron chi connectivity index (χ1n) is 12.8. The molecule has 1 aliphatic carbocycles. The van der Waals surface area contributed by atoms with Crippen LogP contribution < -0.4 is 9.80 Å². The first-order chi connectivity index (χ1) is 18.0. The molecule has 204 valence electrons. The van der Waals surface area contributed by atoms with E-state index in [0.717, 1.165) is 0 Å². The van der Waals surface area contributed by atoms with Crippen LogP contribution in [0.5, 0.6) is 0 Å². The van der Waals surface area contributed by atoms with Gasteiger partial charge in [0.1, 0.15) is 5.82 Å². The van der Waals surface area contributed by atoms with Gasteiger partial charge in [-0.25, -0.2) is 18.0 Å². The molecule has 1 heterocycles. The summed E-state index contributed by atoms with van der Waals surface area (Å²) < 4.78 is 41.8. The van der Waals surface area contributed by atoms with Gasteiger partial charge in [0.2, 0.25) is 11.8 Å². The number of alkyl halides is 2. The molecule has 2 aliphatic rings. The van der Waals surface area contributed by atoms with Crippen molar-refractivity contribution in [1.82, 2.24) is 4.90 Å². The van der Waals surface area contributed by atoms with Crippen molar-refractivity contribution in [2.45, 2.75) is 56.9 Å². The summed E-state index contributed by atoms with van der Waals surface area (Å²) in [5.74, 6) is -4.97. The third-order valence-corrected chi connectivity index (χ3v) is 7.72. The van der Waals surface area contributed by atoms with Crippen molar-refractivity contribution in [2.75, 3.05) is 29.9 Å². The lowest BCUT2D eigenvalue weighted by atomic mass is 9.75. The number of piperidine rings is 1. The number of carboxylic acid groups (broad SMARTS) is 1. The lowest BCUT2D eigenvalue weighted by molar-refractivity contribution is -0.154. The standard InChI is InChI=1S/C28H32F3N3O4/c1-32(21-11-9-20(29)10-12-21)26(38)33-16-14-27(15-17-33,25(36)37)19-24(35)34(22-6-3-2-4-7-22)23-8-5-13-28(30,31)18-23/h2-4,6-7,9-12,23H,5,8,13-19H2,1H3,(H,36,37)/t23-/m0/s1. The number of aliphatic carboxylic acids is 1. The predicted octanol–water partition coefficient (Wildman–Crippen LogP) is 5.55. The number of carbonyl (C=O) groups is 3. The van der Waals surface area contributed by atoms with E-state index in [-0.39, 0.29) is 51.2 Å². The summed E-state index contributed by atoms with van der Waals surface area (Å²) in [5, 5.41) is 10.2. The molecule has 2 aromatic rings. The maximum absolute atomic E-state index is 14.3. The third kappa shape index (κ3) is 5.95. The average Bonchev–Trinajstić information content (AvgIpc) is 2.89. The van der Waals surface area contributed by atoms with Crippen LogP contribution in [0, 0.1) is 11.2 Å². The van der Waals surface area contributed by atoms with Gasteiger partial charge in [-0.2, -0.15) is 0 Å². The molecule has 2 fully saturated rings. The van der Waals surface area contributed by atoms with Gasteiger partial charge >= 0.3 is 12.0 Å². The zero-order valence-electron chi connectivity index (χ0n) is 21.3. The lowest BCUT2D eigenvalue weighted by Gasteiger charge is -2.42. The normalized spacial score (nSPS) is 20.4. The fourth-order valence-electron chi connectivity index (χ4n) is 5.47. The van der Waals surface area contributed by atoms with E-state index in [0.29, 0.717) is 17.8 Å². The Morgan fingerprint density at radius 2 is 1.61 bits per heavy atom. The highest BCUT2D eigenvalue weighted by atomic mass is 19.3. The number of amides is 3. The van der Waals surface area contributed by atoms with Gasteiger partial charge in [-0.3, -0.25) is 14.5 Å². The van der Waals surface area contributed by atoms with E-state index >= 15 is 0 Å². The van der Waals surface area contributed by atoms with Gasteiger partial charge in [-0.05, 0) is 62.1 Å². The first-order valence-corrected chi connectivity index (χ1v) is 12.8. The molecule has 0 aromatic heterocycles. The molecular formula is C28H32F3N3O4. The van der Waals surface area contributed by atoms with Crippen LogP contribution in [0.4, 0.5) is 29.3 Å². The number of halogens is 3. The molecule has 0 bridgehead atoms. The number of hydrogen-bond acceptors (Lipinski definition) is 3. The van der Waals surface area contributed by atoms with E-state index in [4.69, 9.17) is 0 Å². The molecule has 1 atom stereocenters. The first kappa shape index (κ1) is 27.5. The molecule has 3 amide bonds. The Morgan fingerprint density at radius 3 is 2.18 bits per heavy atom. The molecule has 1 N–H and O–H groups in total. The van der Waals surface area contributed by atoms with E-state index < -0.39 is 41.5 Å². The van der Waals surface area contributed by atoms with E-state index in [1.165, 1.54) is 39.0 Å². The number of rotatable bonds is 6. The summed E-state index contributed by atoms with van der Waals surface area (Å²) in [5.41, 5.74) is -0.467. The fourth-order valence-corrected chi connectivity index (χ4v) is 5.47. The average molecular weight is 532 g/mol. The maximum atomic E-state index is 14.3.